The number of hydrogen-bond acceptors (Lipinski definition) is 5. The van der Waals surface area contributed by atoms with Crippen molar-refractivity contribution >= 4 is 54.6 Å². The van der Waals surface area contributed by atoms with Crippen molar-refractivity contribution < 1.29 is 21.2 Å². The molecule has 0 amide bonds. The minimum absolute atomic E-state index is 0.0768. The molecule has 0 saturated carbocycles. The van der Waals surface area contributed by atoms with E-state index in [1.54, 1.807) is 0 Å². The number of aromatic nitrogens is 3. The Balaban J connectivity index is 1.29. The molecule has 0 saturated heterocycles. The Kier molecular flexibility index (Phi) is 4.18. The molecule has 48 heavy (non-hydrogen) atoms. The third-order valence-electron chi connectivity index (χ3n) is 8.40. The van der Waals surface area contributed by atoms with Crippen LogP contribution in [-0.4, -0.2) is 15.0 Å². The zero-order valence-electron chi connectivity index (χ0n) is 33.9. The van der Waals surface area contributed by atoms with Crippen LogP contribution in [-0.2, 0) is 0 Å². The maximum absolute atomic E-state index is 9.55. The van der Waals surface area contributed by atoms with E-state index in [0.29, 0.717) is 22.3 Å². The third-order valence-corrected chi connectivity index (χ3v) is 8.40. The van der Waals surface area contributed by atoms with E-state index < -0.39 is 48.3 Å². The Labute approximate surface area is 287 Å². The van der Waals surface area contributed by atoms with E-state index in [9.17, 15) is 2.74 Å². The van der Waals surface area contributed by atoms with Crippen molar-refractivity contribution in [2.45, 2.75) is 0 Å². The fraction of sp³-hybridized carbons (Fsp3) is 0. The fourth-order valence-electron chi connectivity index (χ4n) is 6.18. The summed E-state index contributed by atoms with van der Waals surface area (Å²) in [5.74, 6) is 0.350. The quantitative estimate of drug-likeness (QED) is 0.195. The molecule has 5 heteroatoms. The van der Waals surface area contributed by atoms with Crippen molar-refractivity contribution in [1.82, 2.24) is 15.0 Å². The highest BCUT2D eigenvalue weighted by Gasteiger charge is 2.19. The molecule has 0 spiro atoms. The molecule has 0 aliphatic rings. The molecular weight excluding hydrogens is 590 g/mol. The number of para-hydroxylation sites is 1. The molecule has 224 valence electrons. The Morgan fingerprint density at radius 1 is 0.458 bits per heavy atom. The molecule has 0 radical (unpaired) electrons. The maximum Gasteiger partial charge on any atom is 0.164 e. The van der Waals surface area contributed by atoms with E-state index in [-0.39, 0.29) is 61.8 Å². The van der Waals surface area contributed by atoms with E-state index in [4.69, 9.17) is 33.4 Å². The molecular formula is C43H25N3O2. The van der Waals surface area contributed by atoms with Crippen molar-refractivity contribution in [1.29, 1.82) is 0 Å². The normalized spacial score (nSPS) is 14.4. The molecule has 0 aliphatic heterocycles. The molecule has 0 atom stereocenters. The van der Waals surface area contributed by atoms with Gasteiger partial charge in [0.15, 0.2) is 17.5 Å². The lowest BCUT2D eigenvalue weighted by Crippen LogP contribution is -2.00. The Hall–Kier alpha value is -6.59. The summed E-state index contributed by atoms with van der Waals surface area (Å²) in [7, 11) is 0. The highest BCUT2D eigenvalue weighted by atomic mass is 16.3. The van der Waals surface area contributed by atoms with E-state index in [2.05, 4.69) is 0 Å². The number of nitrogens with zero attached hydrogens (tertiary/aromatic N) is 3. The number of benzene rings is 7. The van der Waals surface area contributed by atoms with Gasteiger partial charge in [0.25, 0.3) is 0 Å². The Morgan fingerprint density at radius 3 is 2.00 bits per heavy atom. The number of rotatable bonds is 4. The van der Waals surface area contributed by atoms with E-state index in [0.717, 1.165) is 21.9 Å². The van der Waals surface area contributed by atoms with Crippen LogP contribution in [0.2, 0.25) is 0 Å². The first-order valence-corrected chi connectivity index (χ1v) is 15.2. The second-order valence-electron chi connectivity index (χ2n) is 11.3. The van der Waals surface area contributed by atoms with E-state index in [1.165, 1.54) is 0 Å². The molecule has 0 unspecified atom stereocenters. The van der Waals surface area contributed by atoms with Gasteiger partial charge in [-0.15, -0.1) is 0 Å². The second kappa shape index (κ2) is 10.5. The van der Waals surface area contributed by atoms with Crippen LogP contribution in [0.15, 0.2) is 160 Å². The minimum Gasteiger partial charge on any atom is -0.456 e. The Morgan fingerprint density at radius 2 is 1.17 bits per heavy atom. The molecule has 0 bridgehead atoms. The fourth-order valence-corrected chi connectivity index (χ4v) is 6.18. The first-order valence-electron chi connectivity index (χ1n) is 19.7. The van der Waals surface area contributed by atoms with Gasteiger partial charge in [0.2, 0.25) is 0 Å². The summed E-state index contributed by atoms with van der Waals surface area (Å²) >= 11 is 0. The lowest BCUT2D eigenvalue weighted by Gasteiger charge is -2.11. The highest BCUT2D eigenvalue weighted by molar-refractivity contribution is 6.16. The monoisotopic (exact) mass is 624 g/mol. The molecule has 10 aromatic rings. The third kappa shape index (κ3) is 4.22. The average molecular weight is 625 g/mol. The van der Waals surface area contributed by atoms with Gasteiger partial charge in [0.05, 0.1) is 12.3 Å². The minimum atomic E-state index is -0.566. The molecule has 0 fully saturated rings. The van der Waals surface area contributed by atoms with Gasteiger partial charge in [-0.05, 0) is 58.9 Å². The first kappa shape index (κ1) is 19.2. The number of fused-ring (bicyclic) bond motifs is 8. The lowest BCUT2D eigenvalue weighted by molar-refractivity contribution is 0.669. The summed E-state index contributed by atoms with van der Waals surface area (Å²) in [6, 6.07) is 26.3. The lowest BCUT2D eigenvalue weighted by atomic mass is 9.97. The van der Waals surface area contributed by atoms with Gasteiger partial charge in [-0.25, -0.2) is 15.0 Å². The van der Waals surface area contributed by atoms with Gasteiger partial charge < -0.3 is 8.83 Å². The molecule has 0 N–H and O–H groups in total. The topological polar surface area (TPSA) is 65.0 Å². The highest BCUT2D eigenvalue weighted by Crippen LogP contribution is 2.40. The van der Waals surface area contributed by atoms with Crippen molar-refractivity contribution in [3.8, 4) is 45.3 Å². The van der Waals surface area contributed by atoms with Crippen molar-refractivity contribution in [2.24, 2.45) is 0 Å². The summed E-state index contributed by atoms with van der Waals surface area (Å²) in [4.78, 5) is 14.5. The van der Waals surface area contributed by atoms with Gasteiger partial charge in [0, 0.05) is 43.6 Å². The van der Waals surface area contributed by atoms with Crippen LogP contribution in [0.5, 0.6) is 0 Å². The van der Waals surface area contributed by atoms with Crippen molar-refractivity contribution in [2.75, 3.05) is 0 Å². The molecule has 3 aromatic heterocycles. The summed E-state index contributed by atoms with van der Waals surface area (Å²) in [5.41, 5.74) is 3.73. The van der Waals surface area contributed by atoms with Crippen LogP contribution in [0.3, 0.4) is 0 Å². The summed E-state index contributed by atoms with van der Waals surface area (Å²) < 4.78 is 91.8. The first-order chi connectivity index (χ1) is 27.5. The summed E-state index contributed by atoms with van der Waals surface area (Å²) in [6.45, 7) is 0. The average Bonchev–Trinajstić information content (AvgIpc) is 3.83. The number of hydrogen-bond donors (Lipinski definition) is 0. The van der Waals surface area contributed by atoms with Gasteiger partial charge in [-0.3, -0.25) is 0 Å². The van der Waals surface area contributed by atoms with Crippen LogP contribution in [0.25, 0.3) is 99.9 Å². The second-order valence-corrected chi connectivity index (χ2v) is 11.3. The number of furan rings is 2. The van der Waals surface area contributed by atoms with Crippen LogP contribution in [0.1, 0.15) is 12.3 Å². The molecule has 3 heterocycles. The zero-order valence-corrected chi connectivity index (χ0v) is 24.9. The standard InChI is InChI=1S/C43H25N3O2/c1-3-11-26(12-4-1)34-24-30(25-38-39(34)33-17-9-10-18-36(33)47-38)43-45-41(28-14-5-2-6-15-28)44-42(46-43)29-20-22-37-35(23-29)32-21-19-27-13-7-8-16-31(27)40(32)48-37/h1-25H/i7D,8D,13D,16D,19D,20D,21D,22D,23D. The largest absolute Gasteiger partial charge is 0.456 e. The molecule has 7 aromatic carbocycles. The molecule has 5 nitrogen and oxygen atoms in total. The van der Waals surface area contributed by atoms with Crippen molar-refractivity contribution in [3.63, 3.8) is 0 Å². The zero-order chi connectivity index (χ0) is 39.4. The summed E-state index contributed by atoms with van der Waals surface area (Å²) in [6.07, 6.45) is 0. The van der Waals surface area contributed by atoms with Gasteiger partial charge in [-0.2, -0.15) is 0 Å². The van der Waals surface area contributed by atoms with Crippen LogP contribution >= 0.6 is 0 Å². The molecule has 0 aliphatic carbocycles. The SMILES string of the molecule is [2H]c1c(-c2nc(-c3ccccc3)nc(-c3cc(-c4ccccc4)c4c(c3)oc3ccccc34)n2)c([2H])c2c(oc3c4c([2H])c([2H])c([2H])c([2H])c4c([2H])c([2H])c32)c1[2H]. The van der Waals surface area contributed by atoms with Crippen molar-refractivity contribution in [3.05, 3.63) is 151 Å². The van der Waals surface area contributed by atoms with Crippen LogP contribution in [0, 0.1) is 0 Å². The van der Waals surface area contributed by atoms with Gasteiger partial charge in [0.1, 0.15) is 22.3 Å². The predicted molar refractivity (Wildman–Crippen MR) is 194 cm³/mol. The van der Waals surface area contributed by atoms with E-state index in [1.807, 2.05) is 97.1 Å². The van der Waals surface area contributed by atoms with Gasteiger partial charge >= 0.3 is 0 Å². The predicted octanol–water partition coefficient (Wildman–Crippen LogP) is 11.5. The van der Waals surface area contributed by atoms with Crippen LogP contribution < -0.4 is 0 Å². The van der Waals surface area contributed by atoms with E-state index >= 15 is 0 Å². The Bertz CT molecular complexity index is 3350. The smallest absolute Gasteiger partial charge is 0.164 e. The van der Waals surface area contributed by atoms with Crippen LogP contribution in [0.4, 0.5) is 0 Å². The summed E-state index contributed by atoms with van der Waals surface area (Å²) in [5, 5.41) is 1.32. The van der Waals surface area contributed by atoms with Gasteiger partial charge in [-0.1, -0.05) is 109 Å². The molecule has 10 rings (SSSR count). The maximum atomic E-state index is 9.55.